The molecule has 1 saturated heterocycles. The number of carboxylic acid groups (broad SMARTS) is 1. The average molecular weight is 323 g/mol. The number of ether oxygens (including phenoxy) is 2. The SMILES string of the molecule is CCOc1ccc(C(=O)N2CCC(O)(C(=O)O)CC2)cc1OC. The van der Waals surface area contributed by atoms with Gasteiger partial charge >= 0.3 is 5.97 Å². The van der Waals surface area contributed by atoms with E-state index in [0.29, 0.717) is 23.7 Å². The summed E-state index contributed by atoms with van der Waals surface area (Å²) in [7, 11) is 1.50. The fraction of sp³-hybridized carbons (Fsp3) is 0.500. The molecule has 1 aliphatic rings. The first-order valence-electron chi connectivity index (χ1n) is 7.47. The molecule has 0 aromatic heterocycles. The van der Waals surface area contributed by atoms with Gasteiger partial charge in [-0.25, -0.2) is 4.79 Å². The van der Waals surface area contributed by atoms with Gasteiger partial charge in [0.1, 0.15) is 0 Å². The van der Waals surface area contributed by atoms with Crippen LogP contribution < -0.4 is 9.47 Å². The molecule has 0 bridgehead atoms. The molecule has 1 aromatic rings. The van der Waals surface area contributed by atoms with Crippen LogP contribution in [0.3, 0.4) is 0 Å². The van der Waals surface area contributed by atoms with Crippen LogP contribution in [-0.2, 0) is 4.79 Å². The normalized spacial score (nSPS) is 16.7. The smallest absolute Gasteiger partial charge is 0.335 e. The summed E-state index contributed by atoms with van der Waals surface area (Å²) in [6.45, 7) is 2.73. The fourth-order valence-corrected chi connectivity index (χ4v) is 2.55. The number of benzene rings is 1. The molecule has 0 radical (unpaired) electrons. The van der Waals surface area contributed by atoms with Crippen LogP contribution in [0.4, 0.5) is 0 Å². The monoisotopic (exact) mass is 323 g/mol. The van der Waals surface area contributed by atoms with Crippen LogP contribution in [0, 0.1) is 0 Å². The lowest BCUT2D eigenvalue weighted by molar-refractivity contribution is -0.162. The van der Waals surface area contributed by atoms with Gasteiger partial charge in [-0.15, -0.1) is 0 Å². The predicted octanol–water partition coefficient (Wildman–Crippen LogP) is 1.15. The lowest BCUT2D eigenvalue weighted by Crippen LogP contribution is -2.50. The maximum atomic E-state index is 12.5. The van der Waals surface area contributed by atoms with Crippen molar-refractivity contribution in [3.63, 3.8) is 0 Å². The van der Waals surface area contributed by atoms with Crippen molar-refractivity contribution in [1.29, 1.82) is 0 Å². The van der Waals surface area contributed by atoms with Gasteiger partial charge in [-0.2, -0.15) is 0 Å². The van der Waals surface area contributed by atoms with Crippen LogP contribution in [0.1, 0.15) is 30.1 Å². The number of hydrogen-bond donors (Lipinski definition) is 2. The van der Waals surface area contributed by atoms with E-state index < -0.39 is 11.6 Å². The van der Waals surface area contributed by atoms with Gasteiger partial charge in [0.25, 0.3) is 5.91 Å². The van der Waals surface area contributed by atoms with Gasteiger partial charge in [0, 0.05) is 31.5 Å². The zero-order valence-corrected chi connectivity index (χ0v) is 13.2. The molecule has 126 valence electrons. The minimum absolute atomic E-state index is 0.0161. The molecule has 0 saturated carbocycles. The van der Waals surface area contributed by atoms with E-state index in [9.17, 15) is 14.7 Å². The Morgan fingerprint density at radius 1 is 1.26 bits per heavy atom. The van der Waals surface area contributed by atoms with Crippen LogP contribution >= 0.6 is 0 Å². The van der Waals surface area contributed by atoms with E-state index in [1.807, 2.05) is 6.92 Å². The van der Waals surface area contributed by atoms with Crippen molar-refractivity contribution in [3.8, 4) is 11.5 Å². The molecule has 0 atom stereocenters. The summed E-state index contributed by atoms with van der Waals surface area (Å²) in [4.78, 5) is 25.1. The Labute approximate surface area is 134 Å². The lowest BCUT2D eigenvalue weighted by Gasteiger charge is -2.35. The molecular formula is C16H21NO6. The van der Waals surface area contributed by atoms with Crippen molar-refractivity contribution in [2.45, 2.75) is 25.4 Å². The van der Waals surface area contributed by atoms with Gasteiger partial charge in [-0.05, 0) is 25.1 Å². The van der Waals surface area contributed by atoms with Crippen LogP contribution in [-0.4, -0.2) is 59.4 Å². The number of carboxylic acids is 1. The Morgan fingerprint density at radius 3 is 2.43 bits per heavy atom. The molecule has 1 fully saturated rings. The van der Waals surface area contributed by atoms with Gasteiger partial charge in [0.2, 0.25) is 0 Å². The summed E-state index contributed by atoms with van der Waals surface area (Å²) in [5.74, 6) is -0.437. The van der Waals surface area contributed by atoms with E-state index in [2.05, 4.69) is 0 Å². The van der Waals surface area contributed by atoms with Crippen molar-refractivity contribution in [2.75, 3.05) is 26.8 Å². The number of hydrogen-bond acceptors (Lipinski definition) is 5. The van der Waals surface area contributed by atoms with Gasteiger partial charge in [-0.1, -0.05) is 0 Å². The van der Waals surface area contributed by atoms with Crippen molar-refractivity contribution in [1.82, 2.24) is 4.90 Å². The highest BCUT2D eigenvalue weighted by Gasteiger charge is 2.40. The minimum atomic E-state index is -1.74. The molecule has 7 heteroatoms. The van der Waals surface area contributed by atoms with E-state index in [4.69, 9.17) is 14.6 Å². The molecular weight excluding hydrogens is 302 g/mol. The molecule has 2 rings (SSSR count). The zero-order valence-electron chi connectivity index (χ0n) is 13.2. The number of amides is 1. The third kappa shape index (κ3) is 3.56. The second-order valence-corrected chi connectivity index (χ2v) is 5.43. The van der Waals surface area contributed by atoms with Gasteiger partial charge in [-0.3, -0.25) is 4.79 Å². The van der Waals surface area contributed by atoms with Crippen LogP contribution in [0.2, 0.25) is 0 Å². The standard InChI is InChI=1S/C16H21NO6/c1-3-23-12-5-4-11(10-13(12)22-2)14(18)17-8-6-16(21,7-9-17)15(19)20/h4-5,10,21H,3,6-9H2,1-2H3,(H,19,20). The summed E-state index contributed by atoms with van der Waals surface area (Å²) in [5.41, 5.74) is -1.31. The zero-order chi connectivity index (χ0) is 17.0. The summed E-state index contributed by atoms with van der Waals surface area (Å²) < 4.78 is 10.6. The molecule has 1 amide bonds. The Kier molecular flexibility index (Phi) is 5.10. The topological polar surface area (TPSA) is 96.3 Å². The first kappa shape index (κ1) is 17.1. The van der Waals surface area contributed by atoms with Crippen molar-refractivity contribution in [2.24, 2.45) is 0 Å². The van der Waals surface area contributed by atoms with Crippen LogP contribution in [0.5, 0.6) is 11.5 Å². The maximum absolute atomic E-state index is 12.5. The van der Waals surface area contributed by atoms with Gasteiger partial charge < -0.3 is 24.6 Å². The van der Waals surface area contributed by atoms with Crippen molar-refractivity contribution < 1.29 is 29.3 Å². The van der Waals surface area contributed by atoms with Crippen LogP contribution in [0.15, 0.2) is 18.2 Å². The highest BCUT2D eigenvalue weighted by molar-refractivity contribution is 5.95. The third-order valence-corrected chi connectivity index (χ3v) is 3.99. The second-order valence-electron chi connectivity index (χ2n) is 5.43. The number of rotatable bonds is 5. The number of aliphatic carboxylic acids is 1. The highest BCUT2D eigenvalue weighted by atomic mass is 16.5. The quantitative estimate of drug-likeness (QED) is 0.844. The minimum Gasteiger partial charge on any atom is -0.493 e. The molecule has 0 spiro atoms. The Balaban J connectivity index is 2.11. The number of carbonyl (C=O) groups excluding carboxylic acids is 1. The summed E-state index contributed by atoms with van der Waals surface area (Å²) >= 11 is 0. The molecule has 23 heavy (non-hydrogen) atoms. The van der Waals surface area contributed by atoms with Gasteiger partial charge in [0.05, 0.1) is 13.7 Å². The van der Waals surface area contributed by atoms with Crippen molar-refractivity contribution in [3.05, 3.63) is 23.8 Å². The van der Waals surface area contributed by atoms with Gasteiger partial charge in [0.15, 0.2) is 17.1 Å². The highest BCUT2D eigenvalue weighted by Crippen LogP contribution is 2.29. The van der Waals surface area contributed by atoms with E-state index in [1.54, 1.807) is 18.2 Å². The average Bonchev–Trinajstić information content (AvgIpc) is 2.55. The summed E-state index contributed by atoms with van der Waals surface area (Å²) in [6, 6.07) is 4.92. The number of aliphatic hydroxyl groups is 1. The Morgan fingerprint density at radius 2 is 1.91 bits per heavy atom. The number of nitrogens with zero attached hydrogens (tertiary/aromatic N) is 1. The van der Waals surface area contributed by atoms with E-state index in [0.717, 1.165) is 0 Å². The maximum Gasteiger partial charge on any atom is 0.335 e. The molecule has 1 heterocycles. The lowest BCUT2D eigenvalue weighted by atomic mass is 9.91. The molecule has 0 aliphatic carbocycles. The third-order valence-electron chi connectivity index (χ3n) is 3.99. The first-order chi connectivity index (χ1) is 10.9. The molecule has 1 aromatic carbocycles. The summed E-state index contributed by atoms with van der Waals surface area (Å²) in [6.07, 6.45) is 0.0322. The molecule has 2 N–H and O–H groups in total. The largest absolute Gasteiger partial charge is 0.493 e. The first-order valence-corrected chi connectivity index (χ1v) is 7.47. The molecule has 7 nitrogen and oxygen atoms in total. The predicted molar refractivity (Wildman–Crippen MR) is 81.9 cm³/mol. The van der Waals surface area contributed by atoms with E-state index in [1.165, 1.54) is 12.0 Å². The number of likely N-dealkylation sites (tertiary alicyclic amines) is 1. The molecule has 0 unspecified atom stereocenters. The number of piperidine rings is 1. The van der Waals surface area contributed by atoms with Crippen molar-refractivity contribution >= 4 is 11.9 Å². The van der Waals surface area contributed by atoms with Crippen LogP contribution in [0.25, 0.3) is 0 Å². The molecule has 1 aliphatic heterocycles. The fourth-order valence-electron chi connectivity index (χ4n) is 2.55. The second kappa shape index (κ2) is 6.87. The Bertz CT molecular complexity index is 592. The van der Waals surface area contributed by atoms with E-state index >= 15 is 0 Å². The Hall–Kier alpha value is -2.28. The summed E-state index contributed by atoms with van der Waals surface area (Å²) in [5, 5.41) is 18.9. The number of carbonyl (C=O) groups is 2. The van der Waals surface area contributed by atoms with E-state index in [-0.39, 0.29) is 31.8 Å². The number of methoxy groups -OCH3 is 1.